The van der Waals surface area contributed by atoms with Gasteiger partial charge < -0.3 is 18.9 Å². The van der Waals surface area contributed by atoms with Crippen LogP contribution in [0.5, 0.6) is 11.5 Å². The van der Waals surface area contributed by atoms with Crippen molar-refractivity contribution in [2.45, 2.75) is 31.7 Å². The number of amides is 1. The molecule has 7 heteroatoms. The van der Waals surface area contributed by atoms with Gasteiger partial charge in [-0.05, 0) is 49.6 Å². The van der Waals surface area contributed by atoms with E-state index in [9.17, 15) is 9.18 Å². The first kappa shape index (κ1) is 21.9. The number of halogens is 1. The maximum absolute atomic E-state index is 13.9. The van der Waals surface area contributed by atoms with Gasteiger partial charge in [0.1, 0.15) is 11.6 Å². The molecule has 1 aliphatic heterocycles. The van der Waals surface area contributed by atoms with Crippen molar-refractivity contribution in [1.29, 1.82) is 0 Å². The second-order valence-electron chi connectivity index (χ2n) is 7.95. The molecule has 4 rings (SSSR count). The molecule has 1 saturated heterocycles. The van der Waals surface area contributed by atoms with E-state index < -0.39 is 0 Å². The fraction of sp³-hybridized carbons (Fsp3) is 0.360. The number of carbonyl (C=O) groups excluding carboxylic acids is 1. The minimum atomic E-state index is -0.316. The topological polar surface area (TPSA) is 56.6 Å². The van der Waals surface area contributed by atoms with E-state index in [4.69, 9.17) is 14.5 Å². The quantitative estimate of drug-likeness (QED) is 0.489. The third kappa shape index (κ3) is 4.20. The molecule has 0 atom stereocenters. The molecular formula is C25H28FN3O3. The van der Waals surface area contributed by atoms with Gasteiger partial charge in [0.2, 0.25) is 5.91 Å². The zero-order chi connectivity index (χ0) is 22.7. The predicted molar refractivity (Wildman–Crippen MR) is 123 cm³/mol. The lowest BCUT2D eigenvalue weighted by molar-refractivity contribution is -0.132. The first-order chi connectivity index (χ1) is 15.5. The average Bonchev–Trinajstić information content (AvgIpc) is 3.20. The third-order valence-corrected chi connectivity index (χ3v) is 6.04. The molecule has 0 radical (unpaired) electrons. The summed E-state index contributed by atoms with van der Waals surface area (Å²) in [5.41, 5.74) is 2.36. The highest BCUT2D eigenvalue weighted by molar-refractivity contribution is 5.81. The van der Waals surface area contributed by atoms with Crippen LogP contribution < -0.4 is 9.47 Å². The lowest BCUT2D eigenvalue weighted by atomic mass is 10.0. The highest BCUT2D eigenvalue weighted by Gasteiger charge is 2.27. The van der Waals surface area contributed by atoms with Gasteiger partial charge in [0.05, 0.1) is 25.3 Å². The number of rotatable bonds is 7. The van der Waals surface area contributed by atoms with Crippen LogP contribution in [0.15, 0.2) is 49.1 Å². The summed E-state index contributed by atoms with van der Waals surface area (Å²) < 4.78 is 27.0. The molecule has 2 heterocycles. The SMILES string of the molecule is C=CCCC(=O)N1CCC(n2c(-c3ccc(OC)c(OC)c3)nc3cc(F)ccc32)CC1. The summed E-state index contributed by atoms with van der Waals surface area (Å²) in [6.07, 6.45) is 4.58. The monoisotopic (exact) mass is 437 g/mol. The van der Waals surface area contributed by atoms with Gasteiger partial charge in [-0.1, -0.05) is 6.08 Å². The molecule has 3 aromatic rings. The number of benzene rings is 2. The van der Waals surface area contributed by atoms with E-state index >= 15 is 0 Å². The normalized spacial score (nSPS) is 14.5. The maximum Gasteiger partial charge on any atom is 0.222 e. The van der Waals surface area contributed by atoms with Crippen molar-refractivity contribution in [1.82, 2.24) is 14.5 Å². The van der Waals surface area contributed by atoms with E-state index in [1.54, 1.807) is 26.4 Å². The minimum absolute atomic E-state index is 0.150. The van der Waals surface area contributed by atoms with Crippen LogP contribution in [0.25, 0.3) is 22.4 Å². The van der Waals surface area contributed by atoms with Gasteiger partial charge in [-0.3, -0.25) is 4.79 Å². The molecule has 6 nitrogen and oxygen atoms in total. The molecule has 0 bridgehead atoms. The van der Waals surface area contributed by atoms with Gasteiger partial charge >= 0.3 is 0 Å². The van der Waals surface area contributed by atoms with E-state index in [2.05, 4.69) is 11.1 Å². The number of piperidine rings is 1. The molecule has 1 aromatic heterocycles. The molecule has 32 heavy (non-hydrogen) atoms. The van der Waals surface area contributed by atoms with Crippen LogP contribution in [0.3, 0.4) is 0 Å². The fourth-order valence-corrected chi connectivity index (χ4v) is 4.38. The predicted octanol–water partition coefficient (Wildman–Crippen LogP) is 4.99. The first-order valence-corrected chi connectivity index (χ1v) is 10.8. The smallest absolute Gasteiger partial charge is 0.222 e. The van der Waals surface area contributed by atoms with Crippen LogP contribution in [0.4, 0.5) is 4.39 Å². The lowest BCUT2D eigenvalue weighted by Gasteiger charge is -2.33. The number of allylic oxidation sites excluding steroid dienone is 1. The van der Waals surface area contributed by atoms with Gasteiger partial charge in [-0.25, -0.2) is 9.37 Å². The number of likely N-dealkylation sites (tertiary alicyclic amines) is 1. The summed E-state index contributed by atoms with van der Waals surface area (Å²) in [5, 5.41) is 0. The van der Waals surface area contributed by atoms with Crippen molar-refractivity contribution >= 4 is 16.9 Å². The molecule has 0 N–H and O–H groups in total. The third-order valence-electron chi connectivity index (χ3n) is 6.04. The van der Waals surface area contributed by atoms with Crippen molar-refractivity contribution in [3.05, 3.63) is 54.9 Å². The Morgan fingerprint density at radius 2 is 1.91 bits per heavy atom. The Balaban J connectivity index is 1.70. The van der Waals surface area contributed by atoms with Gasteiger partial charge in [0.25, 0.3) is 0 Å². The number of aromatic nitrogens is 2. The van der Waals surface area contributed by atoms with E-state index in [1.807, 2.05) is 23.1 Å². The highest BCUT2D eigenvalue weighted by Crippen LogP contribution is 2.37. The van der Waals surface area contributed by atoms with Crippen molar-refractivity contribution in [2.75, 3.05) is 27.3 Å². The number of fused-ring (bicyclic) bond motifs is 1. The van der Waals surface area contributed by atoms with E-state index in [-0.39, 0.29) is 17.8 Å². The van der Waals surface area contributed by atoms with Gasteiger partial charge in [0, 0.05) is 37.2 Å². The number of carbonyl (C=O) groups is 1. The Bertz CT molecular complexity index is 1130. The Morgan fingerprint density at radius 3 is 2.59 bits per heavy atom. The molecule has 0 aliphatic carbocycles. The largest absolute Gasteiger partial charge is 0.493 e. The van der Waals surface area contributed by atoms with Crippen molar-refractivity contribution in [2.24, 2.45) is 0 Å². The lowest BCUT2D eigenvalue weighted by Crippen LogP contribution is -2.39. The molecule has 0 unspecified atom stereocenters. The molecule has 1 aliphatic rings. The molecule has 168 valence electrons. The molecule has 0 spiro atoms. The van der Waals surface area contributed by atoms with Crippen LogP contribution in [0, 0.1) is 5.82 Å². The summed E-state index contributed by atoms with van der Waals surface area (Å²) in [5.74, 6) is 1.85. The number of methoxy groups -OCH3 is 2. The first-order valence-electron chi connectivity index (χ1n) is 10.8. The van der Waals surface area contributed by atoms with Crippen LogP contribution in [-0.4, -0.2) is 47.7 Å². The Kier molecular flexibility index (Phi) is 6.44. The zero-order valence-electron chi connectivity index (χ0n) is 18.5. The summed E-state index contributed by atoms with van der Waals surface area (Å²) >= 11 is 0. The Labute approximate surface area is 187 Å². The molecule has 2 aromatic carbocycles. The molecule has 0 saturated carbocycles. The number of ether oxygens (including phenoxy) is 2. The van der Waals surface area contributed by atoms with Gasteiger partial charge in [-0.2, -0.15) is 0 Å². The Hall–Kier alpha value is -3.35. The summed E-state index contributed by atoms with van der Waals surface area (Å²) in [7, 11) is 3.19. The molecule has 1 amide bonds. The van der Waals surface area contributed by atoms with Gasteiger partial charge in [0.15, 0.2) is 11.5 Å². The number of hydrogen-bond acceptors (Lipinski definition) is 4. The van der Waals surface area contributed by atoms with Crippen LogP contribution in [-0.2, 0) is 4.79 Å². The van der Waals surface area contributed by atoms with Crippen molar-refractivity contribution in [3.63, 3.8) is 0 Å². The standard InChI is InChI=1S/C25H28FN3O3/c1-4-5-6-24(30)28-13-11-19(12-14-28)29-21-9-8-18(26)16-20(21)27-25(29)17-7-10-22(31-2)23(15-17)32-3/h4,7-10,15-16,19H,1,5-6,11-14H2,2-3H3. The molecule has 1 fully saturated rings. The average molecular weight is 438 g/mol. The number of imidazole rings is 1. The summed E-state index contributed by atoms with van der Waals surface area (Å²) in [6.45, 7) is 5.07. The zero-order valence-corrected chi connectivity index (χ0v) is 18.5. The number of nitrogens with zero attached hydrogens (tertiary/aromatic N) is 3. The highest BCUT2D eigenvalue weighted by atomic mass is 19.1. The summed E-state index contributed by atoms with van der Waals surface area (Å²) in [4.78, 5) is 19.1. The Morgan fingerprint density at radius 1 is 1.16 bits per heavy atom. The van der Waals surface area contributed by atoms with Crippen LogP contribution >= 0.6 is 0 Å². The van der Waals surface area contributed by atoms with Crippen molar-refractivity contribution < 1.29 is 18.7 Å². The number of hydrogen-bond donors (Lipinski definition) is 0. The van der Waals surface area contributed by atoms with E-state index in [1.165, 1.54) is 12.1 Å². The summed E-state index contributed by atoms with van der Waals surface area (Å²) in [6, 6.07) is 10.5. The van der Waals surface area contributed by atoms with E-state index in [0.29, 0.717) is 42.9 Å². The fourth-order valence-electron chi connectivity index (χ4n) is 4.38. The van der Waals surface area contributed by atoms with Crippen LogP contribution in [0.1, 0.15) is 31.7 Å². The second kappa shape index (κ2) is 9.42. The van der Waals surface area contributed by atoms with Crippen LogP contribution in [0.2, 0.25) is 0 Å². The second-order valence-corrected chi connectivity index (χ2v) is 7.95. The minimum Gasteiger partial charge on any atom is -0.493 e. The van der Waals surface area contributed by atoms with E-state index in [0.717, 1.165) is 29.7 Å². The maximum atomic E-state index is 13.9. The molecular weight excluding hydrogens is 409 g/mol. The van der Waals surface area contributed by atoms with Gasteiger partial charge in [-0.15, -0.1) is 6.58 Å². The van der Waals surface area contributed by atoms with Crippen molar-refractivity contribution in [3.8, 4) is 22.9 Å².